The van der Waals surface area contributed by atoms with Crippen molar-refractivity contribution in [3.8, 4) is 11.3 Å². The molecule has 2 aliphatic rings. The Labute approximate surface area is 237 Å². The van der Waals surface area contributed by atoms with E-state index >= 15 is 0 Å². The minimum Gasteiger partial charge on any atom is -0.478 e. The van der Waals surface area contributed by atoms with Gasteiger partial charge in [0, 0.05) is 73.6 Å². The van der Waals surface area contributed by atoms with Gasteiger partial charge in [-0.2, -0.15) is 0 Å². The molecule has 0 amide bonds. The second-order valence-electron chi connectivity index (χ2n) is 10.8. The van der Waals surface area contributed by atoms with Crippen LogP contribution in [-0.4, -0.2) is 57.9 Å². The molecule has 2 aromatic heterocycles. The normalized spacial score (nSPS) is 18.6. The molecule has 6 rings (SSSR count). The third-order valence-corrected chi connectivity index (χ3v) is 8.86. The van der Waals surface area contributed by atoms with Crippen LogP contribution >= 0.6 is 23.2 Å². The fourth-order valence-corrected chi connectivity index (χ4v) is 6.43. The molecule has 9 heteroatoms. The van der Waals surface area contributed by atoms with E-state index in [1.165, 1.54) is 0 Å². The van der Waals surface area contributed by atoms with Gasteiger partial charge < -0.3 is 24.0 Å². The summed E-state index contributed by atoms with van der Waals surface area (Å²) in [6.45, 7) is 5.99. The maximum absolute atomic E-state index is 11.6. The van der Waals surface area contributed by atoms with Crippen molar-refractivity contribution >= 4 is 45.8 Å². The van der Waals surface area contributed by atoms with Crippen molar-refractivity contribution in [2.45, 2.75) is 44.6 Å². The van der Waals surface area contributed by atoms with Gasteiger partial charge in [-0.25, -0.2) is 4.79 Å². The lowest BCUT2D eigenvalue weighted by atomic mass is 10.0. The molecular weight excluding hydrogens is 535 g/mol. The number of rotatable bonds is 7. The number of nitrogens with zero attached hydrogens (tertiary/aromatic N) is 4. The second-order valence-corrected chi connectivity index (χ2v) is 11.6. The predicted octanol–water partition coefficient (Wildman–Crippen LogP) is 6.86. The molecular formula is C30H32Cl2N4O3. The number of aromatic carboxylic acids is 1. The lowest BCUT2D eigenvalue weighted by Crippen LogP contribution is -2.35. The molecule has 1 N–H and O–H groups in total. The van der Waals surface area contributed by atoms with E-state index in [9.17, 15) is 9.90 Å². The van der Waals surface area contributed by atoms with Crippen molar-refractivity contribution in [2.24, 2.45) is 7.05 Å². The third-order valence-electron chi connectivity index (χ3n) is 8.23. The molecule has 1 unspecified atom stereocenters. The largest absolute Gasteiger partial charge is 0.478 e. The summed E-state index contributed by atoms with van der Waals surface area (Å²) < 4.78 is 7.77. The number of carboxylic acid groups (broad SMARTS) is 1. The highest BCUT2D eigenvalue weighted by molar-refractivity contribution is 6.39. The van der Waals surface area contributed by atoms with Crippen LogP contribution in [0.5, 0.6) is 0 Å². The molecule has 3 heterocycles. The minimum absolute atomic E-state index is 0.339. The molecule has 0 radical (unpaired) electrons. The maximum Gasteiger partial charge on any atom is 0.337 e. The maximum atomic E-state index is 11.6. The van der Waals surface area contributed by atoms with Crippen LogP contribution in [0.25, 0.3) is 22.2 Å². The Morgan fingerprint density at radius 1 is 1.10 bits per heavy atom. The third kappa shape index (κ3) is 5.04. The summed E-state index contributed by atoms with van der Waals surface area (Å²) in [5, 5.41) is 15.9. The number of carboxylic acids is 1. The SMILES string of the molecule is CC1CCN(CCc2c(-c3c(Cl)cccc3Cl)noc2C2CC2)CCN1c1ccc2c(C(=O)O)cn(C)c2c1. The highest BCUT2D eigenvalue weighted by atomic mass is 35.5. The molecule has 1 aliphatic heterocycles. The molecule has 4 aromatic rings. The van der Waals surface area contributed by atoms with Crippen LogP contribution in [0.2, 0.25) is 10.0 Å². The summed E-state index contributed by atoms with van der Waals surface area (Å²) in [7, 11) is 1.90. The van der Waals surface area contributed by atoms with E-state index in [2.05, 4.69) is 34.0 Å². The number of aromatic nitrogens is 2. The van der Waals surface area contributed by atoms with E-state index in [4.69, 9.17) is 27.7 Å². The first-order chi connectivity index (χ1) is 18.8. The van der Waals surface area contributed by atoms with Crippen LogP contribution in [0.1, 0.15) is 53.8 Å². The molecule has 1 saturated carbocycles. The van der Waals surface area contributed by atoms with Gasteiger partial charge in [-0.05, 0) is 62.9 Å². The van der Waals surface area contributed by atoms with Crippen LogP contribution in [0.15, 0.2) is 47.1 Å². The highest BCUT2D eigenvalue weighted by Crippen LogP contribution is 2.46. The molecule has 1 saturated heterocycles. The number of aryl methyl sites for hydroxylation is 1. The van der Waals surface area contributed by atoms with E-state index < -0.39 is 5.97 Å². The first-order valence-corrected chi connectivity index (χ1v) is 14.3. The zero-order valence-corrected chi connectivity index (χ0v) is 23.7. The molecule has 0 bridgehead atoms. The van der Waals surface area contributed by atoms with Gasteiger partial charge in [0.25, 0.3) is 0 Å². The fraction of sp³-hybridized carbons (Fsp3) is 0.400. The van der Waals surface area contributed by atoms with E-state index in [0.717, 1.165) is 91.0 Å². The summed E-state index contributed by atoms with van der Waals surface area (Å²) in [5.41, 5.74) is 5.05. The summed E-state index contributed by atoms with van der Waals surface area (Å²) in [5.74, 6) is 0.531. The van der Waals surface area contributed by atoms with E-state index in [1.807, 2.05) is 35.9 Å². The van der Waals surface area contributed by atoms with Gasteiger partial charge in [-0.1, -0.05) is 34.4 Å². The number of fused-ring (bicyclic) bond motifs is 1. The Morgan fingerprint density at radius 2 is 1.87 bits per heavy atom. The van der Waals surface area contributed by atoms with Gasteiger partial charge in [-0.3, -0.25) is 0 Å². The van der Waals surface area contributed by atoms with E-state index in [-0.39, 0.29) is 0 Å². The Balaban J connectivity index is 1.20. The Morgan fingerprint density at radius 3 is 2.59 bits per heavy atom. The Hall–Kier alpha value is -3.00. The molecule has 1 atom stereocenters. The topological polar surface area (TPSA) is 74.7 Å². The van der Waals surface area contributed by atoms with Crippen LogP contribution in [-0.2, 0) is 13.5 Å². The first-order valence-electron chi connectivity index (χ1n) is 13.6. The second kappa shape index (κ2) is 10.5. The number of hydrogen-bond acceptors (Lipinski definition) is 5. The zero-order valence-electron chi connectivity index (χ0n) is 22.2. The number of carbonyl (C=O) groups is 1. The highest BCUT2D eigenvalue weighted by Gasteiger charge is 2.33. The molecule has 39 heavy (non-hydrogen) atoms. The lowest BCUT2D eigenvalue weighted by molar-refractivity contribution is 0.0699. The standard InChI is InChI=1S/C30H32Cl2N4O3/c1-18-10-12-35(14-15-36(18)20-8-9-21-23(30(37)38)17-34(2)26(21)16-20)13-11-22-28(33-39-29(22)19-6-7-19)27-24(31)4-3-5-25(27)32/h3-5,8-9,16-19H,6-7,10-15H2,1-2H3,(H,37,38). The Bertz CT molecular complexity index is 1520. The van der Waals surface area contributed by atoms with Crippen LogP contribution in [0.4, 0.5) is 5.69 Å². The molecule has 2 fully saturated rings. The average molecular weight is 568 g/mol. The van der Waals surface area contributed by atoms with Gasteiger partial charge in [0.2, 0.25) is 0 Å². The lowest BCUT2D eigenvalue weighted by Gasteiger charge is -2.29. The summed E-state index contributed by atoms with van der Waals surface area (Å²) in [6.07, 6.45) is 5.82. The van der Waals surface area contributed by atoms with Gasteiger partial charge in [0.05, 0.1) is 21.1 Å². The van der Waals surface area contributed by atoms with Gasteiger partial charge in [0.15, 0.2) is 0 Å². The van der Waals surface area contributed by atoms with Gasteiger partial charge >= 0.3 is 5.97 Å². The molecule has 2 aromatic carbocycles. The summed E-state index contributed by atoms with van der Waals surface area (Å²) in [6, 6.07) is 12.0. The van der Waals surface area contributed by atoms with Crippen molar-refractivity contribution in [1.82, 2.24) is 14.6 Å². The molecule has 1 aliphatic carbocycles. The summed E-state index contributed by atoms with van der Waals surface area (Å²) in [4.78, 5) is 16.6. The van der Waals surface area contributed by atoms with E-state index in [0.29, 0.717) is 27.6 Å². The van der Waals surface area contributed by atoms with E-state index in [1.54, 1.807) is 6.20 Å². The smallest absolute Gasteiger partial charge is 0.337 e. The zero-order chi connectivity index (χ0) is 27.3. The quantitative estimate of drug-likeness (QED) is 0.263. The number of halogens is 2. The van der Waals surface area contributed by atoms with Gasteiger partial charge in [0.1, 0.15) is 11.5 Å². The average Bonchev–Trinajstić information content (AvgIpc) is 3.63. The van der Waals surface area contributed by atoms with Crippen molar-refractivity contribution in [1.29, 1.82) is 0 Å². The summed E-state index contributed by atoms with van der Waals surface area (Å²) >= 11 is 13.1. The fourth-order valence-electron chi connectivity index (χ4n) is 5.86. The van der Waals surface area contributed by atoms with Crippen LogP contribution in [0.3, 0.4) is 0 Å². The molecule has 7 nitrogen and oxygen atoms in total. The van der Waals surface area contributed by atoms with Crippen molar-refractivity contribution < 1.29 is 14.4 Å². The van der Waals surface area contributed by atoms with Crippen LogP contribution < -0.4 is 4.90 Å². The molecule has 204 valence electrons. The predicted molar refractivity (Wildman–Crippen MR) is 155 cm³/mol. The van der Waals surface area contributed by atoms with Crippen LogP contribution in [0, 0.1) is 0 Å². The van der Waals surface area contributed by atoms with Crippen molar-refractivity contribution in [2.75, 3.05) is 31.1 Å². The number of benzene rings is 2. The monoisotopic (exact) mass is 566 g/mol. The van der Waals surface area contributed by atoms with Crippen molar-refractivity contribution in [3.05, 3.63) is 69.5 Å². The molecule has 0 spiro atoms. The van der Waals surface area contributed by atoms with Crippen molar-refractivity contribution in [3.63, 3.8) is 0 Å². The Kier molecular flexibility index (Phi) is 7.08. The number of anilines is 1. The number of hydrogen-bond donors (Lipinski definition) is 1. The first kappa shape index (κ1) is 26.2. The van der Waals surface area contributed by atoms with Gasteiger partial charge in [-0.15, -0.1) is 0 Å². The minimum atomic E-state index is -0.898.